The minimum atomic E-state index is 0.0945. The van der Waals surface area contributed by atoms with Crippen LogP contribution in [0, 0.1) is 17.8 Å². The van der Waals surface area contributed by atoms with E-state index in [1.54, 1.807) is 0 Å². The SMILES string of the molecule is CCCCc1ccc(NC(=O)CNC23CC4CC(CC(C4)C2)C3)cc1. The summed E-state index contributed by atoms with van der Waals surface area (Å²) in [6.45, 7) is 2.66. The largest absolute Gasteiger partial charge is 0.325 e. The van der Waals surface area contributed by atoms with Crippen molar-refractivity contribution < 1.29 is 4.79 Å². The van der Waals surface area contributed by atoms with Crippen LogP contribution in [0.5, 0.6) is 0 Å². The number of nitrogens with one attached hydrogen (secondary N) is 2. The molecule has 0 aromatic heterocycles. The van der Waals surface area contributed by atoms with Crippen LogP contribution < -0.4 is 10.6 Å². The summed E-state index contributed by atoms with van der Waals surface area (Å²) >= 11 is 0. The fourth-order valence-corrected chi connectivity index (χ4v) is 5.94. The lowest BCUT2D eigenvalue weighted by Gasteiger charge is -2.57. The maximum Gasteiger partial charge on any atom is 0.238 e. The Bertz CT molecular complexity index is 572. The number of aryl methyl sites for hydroxylation is 1. The van der Waals surface area contributed by atoms with E-state index in [4.69, 9.17) is 0 Å². The smallest absolute Gasteiger partial charge is 0.238 e. The lowest BCUT2D eigenvalue weighted by atomic mass is 9.53. The fourth-order valence-electron chi connectivity index (χ4n) is 5.94. The zero-order chi connectivity index (χ0) is 17.3. The summed E-state index contributed by atoms with van der Waals surface area (Å²) in [6.07, 6.45) is 11.8. The average Bonchev–Trinajstić information content (AvgIpc) is 2.58. The first-order valence-electron chi connectivity index (χ1n) is 10.3. The summed E-state index contributed by atoms with van der Waals surface area (Å²) in [7, 11) is 0. The Morgan fingerprint density at radius 1 is 1.04 bits per heavy atom. The highest BCUT2D eigenvalue weighted by molar-refractivity contribution is 5.92. The van der Waals surface area contributed by atoms with E-state index < -0.39 is 0 Å². The van der Waals surface area contributed by atoms with Gasteiger partial charge < -0.3 is 10.6 Å². The van der Waals surface area contributed by atoms with Crippen molar-refractivity contribution in [2.24, 2.45) is 17.8 Å². The van der Waals surface area contributed by atoms with Gasteiger partial charge in [-0.2, -0.15) is 0 Å². The molecule has 136 valence electrons. The number of carbonyl (C=O) groups excluding carboxylic acids is 1. The molecule has 3 heteroatoms. The van der Waals surface area contributed by atoms with E-state index in [1.807, 2.05) is 12.1 Å². The summed E-state index contributed by atoms with van der Waals surface area (Å²) in [5, 5.41) is 6.73. The Balaban J connectivity index is 1.28. The quantitative estimate of drug-likeness (QED) is 0.766. The summed E-state index contributed by atoms with van der Waals surface area (Å²) in [6, 6.07) is 8.34. The van der Waals surface area contributed by atoms with Gasteiger partial charge in [-0.05, 0) is 86.8 Å². The van der Waals surface area contributed by atoms with Crippen molar-refractivity contribution in [3.05, 3.63) is 29.8 Å². The summed E-state index contributed by atoms with van der Waals surface area (Å²) in [5.74, 6) is 2.84. The molecule has 4 saturated carbocycles. The first-order chi connectivity index (χ1) is 12.1. The lowest BCUT2D eigenvalue weighted by molar-refractivity contribution is -0.116. The number of rotatable bonds is 7. The van der Waals surface area contributed by atoms with Gasteiger partial charge in [0.25, 0.3) is 0 Å². The van der Waals surface area contributed by atoms with Crippen LogP contribution in [0.3, 0.4) is 0 Å². The minimum Gasteiger partial charge on any atom is -0.325 e. The molecule has 4 fully saturated rings. The number of benzene rings is 1. The third kappa shape index (κ3) is 3.92. The Hall–Kier alpha value is -1.35. The second-order valence-electron chi connectivity index (χ2n) is 8.90. The molecule has 25 heavy (non-hydrogen) atoms. The monoisotopic (exact) mass is 340 g/mol. The number of hydrogen-bond donors (Lipinski definition) is 2. The third-order valence-electron chi connectivity index (χ3n) is 6.72. The topological polar surface area (TPSA) is 41.1 Å². The Morgan fingerprint density at radius 2 is 1.64 bits per heavy atom. The molecule has 0 radical (unpaired) electrons. The van der Waals surface area contributed by atoms with Crippen molar-refractivity contribution in [1.82, 2.24) is 5.32 Å². The van der Waals surface area contributed by atoms with Gasteiger partial charge in [0.15, 0.2) is 0 Å². The van der Waals surface area contributed by atoms with Crippen LogP contribution in [0.15, 0.2) is 24.3 Å². The molecular weight excluding hydrogens is 308 g/mol. The first-order valence-corrected chi connectivity index (χ1v) is 10.3. The van der Waals surface area contributed by atoms with Gasteiger partial charge in [0.2, 0.25) is 5.91 Å². The molecule has 0 saturated heterocycles. The molecule has 2 N–H and O–H groups in total. The molecule has 4 bridgehead atoms. The van der Waals surface area contributed by atoms with Crippen molar-refractivity contribution in [2.75, 3.05) is 11.9 Å². The van der Waals surface area contributed by atoms with Gasteiger partial charge in [0.05, 0.1) is 6.54 Å². The molecule has 5 rings (SSSR count). The highest BCUT2D eigenvalue weighted by atomic mass is 16.1. The predicted molar refractivity (Wildman–Crippen MR) is 103 cm³/mol. The van der Waals surface area contributed by atoms with E-state index in [2.05, 4.69) is 29.7 Å². The van der Waals surface area contributed by atoms with E-state index in [-0.39, 0.29) is 11.4 Å². The molecule has 4 aliphatic rings. The number of carbonyl (C=O) groups is 1. The molecule has 4 aliphatic carbocycles. The van der Waals surface area contributed by atoms with E-state index in [0.29, 0.717) is 6.54 Å². The standard InChI is InChI=1S/C22H32N2O/c1-2-3-4-16-5-7-20(8-6-16)24-21(25)15-23-22-12-17-9-18(13-22)11-19(10-17)14-22/h5-8,17-19,23H,2-4,9-15H2,1H3,(H,24,25). The molecule has 1 amide bonds. The van der Waals surface area contributed by atoms with Crippen LogP contribution in [0.4, 0.5) is 5.69 Å². The highest BCUT2D eigenvalue weighted by Crippen LogP contribution is 2.55. The van der Waals surface area contributed by atoms with Crippen molar-refractivity contribution >= 4 is 11.6 Å². The number of anilines is 1. The first kappa shape index (κ1) is 17.1. The maximum atomic E-state index is 12.4. The summed E-state index contributed by atoms with van der Waals surface area (Å²) in [5.41, 5.74) is 2.53. The molecular formula is C22H32N2O. The van der Waals surface area contributed by atoms with Gasteiger partial charge in [0, 0.05) is 11.2 Å². The molecule has 1 aromatic rings. The molecule has 0 heterocycles. The Morgan fingerprint density at radius 3 is 2.20 bits per heavy atom. The van der Waals surface area contributed by atoms with Gasteiger partial charge in [-0.25, -0.2) is 0 Å². The minimum absolute atomic E-state index is 0.0945. The lowest BCUT2D eigenvalue weighted by Crippen LogP contribution is -2.59. The zero-order valence-corrected chi connectivity index (χ0v) is 15.5. The van der Waals surface area contributed by atoms with E-state index >= 15 is 0 Å². The number of amides is 1. The fraction of sp³-hybridized carbons (Fsp3) is 0.682. The molecule has 0 unspecified atom stereocenters. The van der Waals surface area contributed by atoms with Crippen molar-refractivity contribution in [3.8, 4) is 0 Å². The number of unbranched alkanes of at least 4 members (excludes halogenated alkanes) is 1. The van der Waals surface area contributed by atoms with Crippen LogP contribution in [0.2, 0.25) is 0 Å². The van der Waals surface area contributed by atoms with E-state index in [9.17, 15) is 4.79 Å². The molecule has 0 spiro atoms. The zero-order valence-electron chi connectivity index (χ0n) is 15.5. The van der Waals surface area contributed by atoms with Crippen molar-refractivity contribution in [3.63, 3.8) is 0 Å². The number of hydrogen-bond acceptors (Lipinski definition) is 2. The van der Waals surface area contributed by atoms with Crippen LogP contribution in [0.1, 0.15) is 63.9 Å². The normalized spacial score (nSPS) is 32.8. The second-order valence-corrected chi connectivity index (χ2v) is 8.90. The molecule has 1 aromatic carbocycles. The molecule has 3 nitrogen and oxygen atoms in total. The van der Waals surface area contributed by atoms with Crippen molar-refractivity contribution in [2.45, 2.75) is 70.3 Å². The van der Waals surface area contributed by atoms with Gasteiger partial charge in [-0.1, -0.05) is 25.5 Å². The van der Waals surface area contributed by atoms with Crippen LogP contribution >= 0.6 is 0 Å². The van der Waals surface area contributed by atoms with Crippen LogP contribution in [-0.2, 0) is 11.2 Å². The maximum absolute atomic E-state index is 12.4. The van der Waals surface area contributed by atoms with Gasteiger partial charge in [-0.3, -0.25) is 4.79 Å². The average molecular weight is 341 g/mol. The summed E-state index contributed by atoms with van der Waals surface area (Å²) < 4.78 is 0. The van der Waals surface area contributed by atoms with E-state index in [0.717, 1.165) is 29.9 Å². The molecule has 0 atom stereocenters. The van der Waals surface area contributed by atoms with Gasteiger partial charge in [0.1, 0.15) is 0 Å². The summed E-state index contributed by atoms with van der Waals surface area (Å²) in [4.78, 5) is 12.4. The van der Waals surface area contributed by atoms with Crippen LogP contribution in [0.25, 0.3) is 0 Å². The second kappa shape index (κ2) is 7.11. The highest BCUT2D eigenvalue weighted by Gasteiger charge is 2.50. The molecule has 0 aliphatic heterocycles. The van der Waals surface area contributed by atoms with Crippen LogP contribution in [-0.4, -0.2) is 18.0 Å². The van der Waals surface area contributed by atoms with E-state index in [1.165, 1.54) is 56.9 Å². The third-order valence-corrected chi connectivity index (χ3v) is 6.72. The predicted octanol–water partition coefficient (Wildman–Crippen LogP) is 4.53. The Labute approximate surface area is 152 Å². The van der Waals surface area contributed by atoms with Crippen molar-refractivity contribution in [1.29, 1.82) is 0 Å². The van der Waals surface area contributed by atoms with Gasteiger partial charge >= 0.3 is 0 Å². The Kier molecular flexibility index (Phi) is 4.86. The van der Waals surface area contributed by atoms with Gasteiger partial charge in [-0.15, -0.1) is 0 Å².